The van der Waals surface area contributed by atoms with Crippen LogP contribution >= 0.6 is 0 Å². The molecular weight excluding hydrogens is 323 g/mol. The predicted molar refractivity (Wildman–Crippen MR) is 89.8 cm³/mol. The van der Waals surface area contributed by atoms with Gasteiger partial charge in [-0.3, -0.25) is 4.90 Å². The topological polar surface area (TPSA) is 47.7 Å². The van der Waals surface area contributed by atoms with Crippen molar-refractivity contribution in [3.8, 4) is 0 Å². The van der Waals surface area contributed by atoms with Gasteiger partial charge in [-0.1, -0.05) is 17.3 Å². The Kier molecular flexibility index (Phi) is 4.35. The summed E-state index contributed by atoms with van der Waals surface area (Å²) in [4.78, 5) is 2.29. The molecule has 2 aliphatic rings. The Bertz CT molecular complexity index is 750. The van der Waals surface area contributed by atoms with Gasteiger partial charge in [0, 0.05) is 38.7 Å². The average molecular weight is 346 g/mol. The predicted octanol–water partition coefficient (Wildman–Crippen LogP) is 2.90. The molecule has 1 spiro atoms. The molecule has 1 aromatic carbocycles. The van der Waals surface area contributed by atoms with E-state index in [9.17, 15) is 4.39 Å². The molecular formula is C19H23FN2O3. The number of rotatable bonds is 4. The molecule has 3 heterocycles. The van der Waals surface area contributed by atoms with Gasteiger partial charge in [0.05, 0.1) is 18.4 Å². The van der Waals surface area contributed by atoms with Crippen LogP contribution in [0.2, 0.25) is 0 Å². The zero-order chi connectivity index (χ0) is 17.4. The average Bonchev–Trinajstić information content (AvgIpc) is 3.28. The van der Waals surface area contributed by atoms with Crippen LogP contribution in [-0.2, 0) is 16.0 Å². The molecule has 4 rings (SSSR count). The van der Waals surface area contributed by atoms with Gasteiger partial charge in [0.15, 0.2) is 0 Å². The fraction of sp³-hybridized carbons (Fsp3) is 0.526. The van der Waals surface area contributed by atoms with Gasteiger partial charge in [0.25, 0.3) is 0 Å². The number of nitrogens with zero attached hydrogens (tertiary/aromatic N) is 2. The minimum atomic E-state index is -0.343. The number of likely N-dealkylation sites (tertiary alicyclic amines) is 1. The molecule has 0 unspecified atom stereocenters. The molecule has 0 bridgehead atoms. The van der Waals surface area contributed by atoms with Gasteiger partial charge in [-0.25, -0.2) is 4.39 Å². The Labute approximate surface area is 146 Å². The van der Waals surface area contributed by atoms with Crippen molar-refractivity contribution in [3.63, 3.8) is 0 Å². The molecule has 0 amide bonds. The number of hydrogen-bond donors (Lipinski definition) is 0. The Hall–Kier alpha value is -1.76. The van der Waals surface area contributed by atoms with Gasteiger partial charge < -0.3 is 14.0 Å². The lowest BCUT2D eigenvalue weighted by atomic mass is 9.87. The van der Waals surface area contributed by atoms with Crippen molar-refractivity contribution in [2.75, 3.05) is 26.8 Å². The number of methoxy groups -OCH3 is 1. The van der Waals surface area contributed by atoms with Crippen molar-refractivity contribution in [2.45, 2.75) is 37.5 Å². The Balaban J connectivity index is 1.49. The van der Waals surface area contributed by atoms with Crippen LogP contribution in [0.15, 0.2) is 34.9 Å². The highest BCUT2D eigenvalue weighted by Gasteiger charge is 2.53. The van der Waals surface area contributed by atoms with Crippen LogP contribution in [0.1, 0.15) is 29.4 Å². The minimum absolute atomic E-state index is 0.000873. The molecule has 0 N–H and O–H groups in total. The molecule has 134 valence electrons. The molecule has 1 aromatic heterocycles. The number of ether oxygens (including phenoxy) is 2. The maximum atomic E-state index is 13.5. The SMILES string of the molecule is CO[C@@H]1CN(Cc2cc(C)on2)C[C@]12C[C@H](c1cccc(F)c1)CO2. The number of aryl methyl sites for hydroxylation is 1. The third-order valence-corrected chi connectivity index (χ3v) is 5.33. The Morgan fingerprint density at radius 1 is 1.40 bits per heavy atom. The van der Waals surface area contributed by atoms with Crippen LogP contribution in [0.4, 0.5) is 4.39 Å². The van der Waals surface area contributed by atoms with E-state index in [1.54, 1.807) is 19.2 Å². The normalized spacial score (nSPS) is 29.7. The lowest BCUT2D eigenvalue weighted by molar-refractivity contribution is -0.0757. The highest BCUT2D eigenvalue weighted by Crippen LogP contribution is 2.43. The van der Waals surface area contributed by atoms with Crippen molar-refractivity contribution in [3.05, 3.63) is 53.2 Å². The standard InChI is InChI=1S/C19H23FN2O3/c1-13-6-17(21-25-13)9-22-10-18(23-2)19(12-22)8-15(11-24-19)14-4-3-5-16(20)7-14/h3-7,15,18H,8-12H2,1-2H3/t15-,18+,19+/m0/s1. The summed E-state index contributed by atoms with van der Waals surface area (Å²) in [5.41, 5.74) is 1.58. The summed E-state index contributed by atoms with van der Waals surface area (Å²) in [7, 11) is 1.73. The van der Waals surface area contributed by atoms with Crippen LogP contribution in [0.5, 0.6) is 0 Å². The summed E-state index contributed by atoms with van der Waals surface area (Å²) in [5.74, 6) is 0.814. The van der Waals surface area contributed by atoms with Gasteiger partial charge in [-0.15, -0.1) is 0 Å². The van der Waals surface area contributed by atoms with Crippen molar-refractivity contribution < 1.29 is 18.4 Å². The van der Waals surface area contributed by atoms with Crippen LogP contribution in [0, 0.1) is 12.7 Å². The monoisotopic (exact) mass is 346 g/mol. The zero-order valence-corrected chi connectivity index (χ0v) is 14.6. The number of halogens is 1. The van der Waals surface area contributed by atoms with Crippen LogP contribution in [-0.4, -0.2) is 48.6 Å². The molecule has 2 fully saturated rings. The largest absolute Gasteiger partial charge is 0.377 e. The number of hydrogen-bond acceptors (Lipinski definition) is 5. The summed E-state index contributed by atoms with van der Waals surface area (Å²) < 4.78 is 30.7. The molecule has 2 saturated heterocycles. The quantitative estimate of drug-likeness (QED) is 0.852. The summed E-state index contributed by atoms with van der Waals surface area (Å²) in [6.07, 6.45) is 0.836. The molecule has 0 aliphatic carbocycles. The van der Waals surface area contributed by atoms with E-state index in [4.69, 9.17) is 14.0 Å². The first-order valence-corrected chi connectivity index (χ1v) is 8.65. The maximum absolute atomic E-state index is 13.5. The fourth-order valence-electron chi connectivity index (χ4n) is 4.19. The Morgan fingerprint density at radius 2 is 2.28 bits per heavy atom. The van der Waals surface area contributed by atoms with E-state index in [0.717, 1.165) is 36.5 Å². The van der Waals surface area contributed by atoms with E-state index in [2.05, 4.69) is 10.1 Å². The van der Waals surface area contributed by atoms with Gasteiger partial charge in [-0.2, -0.15) is 0 Å². The molecule has 3 atom stereocenters. The van der Waals surface area contributed by atoms with E-state index in [-0.39, 0.29) is 23.4 Å². The number of aromatic nitrogens is 1. The highest BCUT2D eigenvalue weighted by atomic mass is 19.1. The van der Waals surface area contributed by atoms with Crippen molar-refractivity contribution in [1.82, 2.24) is 10.1 Å². The van der Waals surface area contributed by atoms with Crippen LogP contribution < -0.4 is 0 Å². The smallest absolute Gasteiger partial charge is 0.133 e. The first-order valence-electron chi connectivity index (χ1n) is 8.65. The summed E-state index contributed by atoms with van der Waals surface area (Å²) in [6, 6.07) is 8.78. The molecule has 6 heteroatoms. The van der Waals surface area contributed by atoms with Crippen LogP contribution in [0.25, 0.3) is 0 Å². The van der Waals surface area contributed by atoms with Gasteiger partial charge in [0.2, 0.25) is 0 Å². The summed E-state index contributed by atoms with van der Waals surface area (Å²) in [6.45, 7) is 4.78. The summed E-state index contributed by atoms with van der Waals surface area (Å²) in [5, 5.41) is 4.08. The minimum Gasteiger partial charge on any atom is -0.377 e. The van der Waals surface area contributed by atoms with Gasteiger partial charge in [0.1, 0.15) is 17.2 Å². The second-order valence-electron chi connectivity index (χ2n) is 7.15. The van der Waals surface area contributed by atoms with E-state index >= 15 is 0 Å². The van der Waals surface area contributed by atoms with Crippen molar-refractivity contribution >= 4 is 0 Å². The maximum Gasteiger partial charge on any atom is 0.133 e. The van der Waals surface area contributed by atoms with Crippen molar-refractivity contribution in [2.24, 2.45) is 0 Å². The molecule has 2 aromatic rings. The highest BCUT2D eigenvalue weighted by molar-refractivity contribution is 5.24. The lowest BCUT2D eigenvalue weighted by Gasteiger charge is -2.28. The third kappa shape index (κ3) is 3.21. The molecule has 5 nitrogen and oxygen atoms in total. The molecule has 0 radical (unpaired) electrons. The van der Waals surface area contributed by atoms with Crippen LogP contribution in [0.3, 0.4) is 0 Å². The fourth-order valence-corrected chi connectivity index (χ4v) is 4.19. The Morgan fingerprint density at radius 3 is 3.00 bits per heavy atom. The third-order valence-electron chi connectivity index (χ3n) is 5.33. The van der Waals surface area contributed by atoms with E-state index < -0.39 is 0 Å². The van der Waals surface area contributed by atoms with E-state index in [1.165, 1.54) is 6.07 Å². The molecule has 0 saturated carbocycles. The van der Waals surface area contributed by atoms with Crippen molar-refractivity contribution in [1.29, 1.82) is 0 Å². The second kappa shape index (κ2) is 6.52. The summed E-state index contributed by atoms with van der Waals surface area (Å²) >= 11 is 0. The number of benzene rings is 1. The zero-order valence-electron chi connectivity index (χ0n) is 14.6. The lowest BCUT2D eigenvalue weighted by Crippen LogP contribution is -2.42. The van der Waals surface area contributed by atoms with Gasteiger partial charge >= 0.3 is 0 Å². The van der Waals surface area contributed by atoms with E-state index in [1.807, 2.05) is 19.1 Å². The molecule has 25 heavy (non-hydrogen) atoms. The second-order valence-corrected chi connectivity index (χ2v) is 7.15. The van der Waals surface area contributed by atoms with Gasteiger partial charge in [-0.05, 0) is 31.0 Å². The first kappa shape index (κ1) is 16.7. The first-order chi connectivity index (χ1) is 12.1. The van der Waals surface area contributed by atoms with E-state index in [0.29, 0.717) is 13.2 Å². The molecule has 2 aliphatic heterocycles.